The smallest absolute Gasteiger partial charge is 0.247 e. The summed E-state index contributed by atoms with van der Waals surface area (Å²) in [5.74, 6) is 0. The Kier molecular flexibility index (Phi) is 11.1. The molecule has 4 nitrogen and oxygen atoms in total. The first-order valence-corrected chi connectivity index (χ1v) is 8.57. The molecule has 1 rings (SSSR count). The molecule has 0 amide bonds. The van der Waals surface area contributed by atoms with Crippen molar-refractivity contribution in [3.8, 4) is 0 Å². The minimum atomic E-state index is 0.629. The fourth-order valence-electron chi connectivity index (χ4n) is 2.16. The van der Waals surface area contributed by atoms with Crippen LogP contribution in [0.2, 0.25) is 0 Å². The first kappa shape index (κ1) is 18.2. The second-order valence-electron chi connectivity index (χ2n) is 5.64. The van der Waals surface area contributed by atoms with E-state index in [2.05, 4.69) is 18.4 Å². The molecule has 4 heteroatoms. The van der Waals surface area contributed by atoms with Gasteiger partial charge in [0.1, 0.15) is 12.4 Å². The largest absolute Gasteiger partial charge is 0.342 e. The normalized spacial score (nSPS) is 11.1. The molecule has 21 heavy (non-hydrogen) atoms. The van der Waals surface area contributed by atoms with E-state index in [0.29, 0.717) is 13.5 Å². The van der Waals surface area contributed by atoms with Crippen LogP contribution in [0, 0.1) is 0 Å². The lowest BCUT2D eigenvalue weighted by molar-refractivity contribution is -0.732. The molecule has 0 aliphatic heterocycles. The van der Waals surface area contributed by atoms with Crippen molar-refractivity contribution < 1.29 is 14.0 Å². The summed E-state index contributed by atoms with van der Waals surface area (Å²) in [6, 6.07) is 0. The van der Waals surface area contributed by atoms with Crippen LogP contribution in [-0.4, -0.2) is 17.8 Å². The highest BCUT2D eigenvalue weighted by atomic mass is 16.5. The molecule has 0 aliphatic carbocycles. The fraction of sp³-hybridized carbons (Fsp3) is 0.824. The van der Waals surface area contributed by atoms with Gasteiger partial charge in [0, 0.05) is 0 Å². The maximum Gasteiger partial charge on any atom is 0.247 e. The average molecular weight is 297 g/mol. The van der Waals surface area contributed by atoms with Gasteiger partial charge in [0.2, 0.25) is 6.33 Å². The van der Waals surface area contributed by atoms with Crippen molar-refractivity contribution in [3.05, 3.63) is 18.7 Å². The topological polar surface area (TPSA) is 27.3 Å². The first-order chi connectivity index (χ1) is 10.4. The van der Waals surface area contributed by atoms with E-state index >= 15 is 0 Å². The standard InChI is InChI=1S/C17H33N2O2/c1-3-5-7-8-9-10-14-21-17-19-12-11-18(15-19)16-20-13-6-4-2/h11-12,15H,3-10,13-14,16-17H2,1-2H3/q+1. The molecule has 0 saturated heterocycles. The Morgan fingerprint density at radius 3 is 2.38 bits per heavy atom. The van der Waals surface area contributed by atoms with Crippen LogP contribution in [0.15, 0.2) is 18.7 Å². The molecule has 0 atom stereocenters. The number of unbranched alkanes of at least 4 members (excludes halogenated alkanes) is 6. The van der Waals surface area contributed by atoms with Crippen LogP contribution in [0.25, 0.3) is 0 Å². The first-order valence-electron chi connectivity index (χ1n) is 8.57. The van der Waals surface area contributed by atoms with E-state index in [-0.39, 0.29) is 0 Å². The summed E-state index contributed by atoms with van der Waals surface area (Å²) in [5, 5.41) is 0. The molecule has 1 aromatic rings. The van der Waals surface area contributed by atoms with Gasteiger partial charge >= 0.3 is 0 Å². The van der Waals surface area contributed by atoms with E-state index in [0.717, 1.165) is 19.6 Å². The lowest BCUT2D eigenvalue weighted by Gasteiger charge is -2.02. The van der Waals surface area contributed by atoms with Crippen LogP contribution in [0.3, 0.4) is 0 Å². The molecule has 0 radical (unpaired) electrons. The Hall–Kier alpha value is -0.870. The predicted octanol–water partition coefficient (Wildman–Crippen LogP) is 3.88. The van der Waals surface area contributed by atoms with Gasteiger partial charge in [-0.05, 0) is 12.8 Å². The van der Waals surface area contributed by atoms with Gasteiger partial charge in [-0.25, -0.2) is 9.13 Å². The van der Waals surface area contributed by atoms with E-state index in [9.17, 15) is 0 Å². The van der Waals surface area contributed by atoms with Gasteiger partial charge in [0.15, 0.2) is 13.5 Å². The van der Waals surface area contributed by atoms with Crippen molar-refractivity contribution in [1.29, 1.82) is 0 Å². The molecular weight excluding hydrogens is 264 g/mol. The maximum absolute atomic E-state index is 5.69. The van der Waals surface area contributed by atoms with Gasteiger partial charge in [0.05, 0.1) is 13.2 Å². The minimum Gasteiger partial charge on any atom is -0.342 e. The van der Waals surface area contributed by atoms with E-state index in [1.165, 1.54) is 44.9 Å². The van der Waals surface area contributed by atoms with Crippen LogP contribution >= 0.6 is 0 Å². The second kappa shape index (κ2) is 12.8. The maximum atomic E-state index is 5.69. The second-order valence-corrected chi connectivity index (χ2v) is 5.64. The number of nitrogens with zero attached hydrogens (tertiary/aromatic N) is 2. The third kappa shape index (κ3) is 9.64. The molecule has 0 fully saturated rings. The zero-order valence-electron chi connectivity index (χ0n) is 13.9. The molecule has 1 heterocycles. The van der Waals surface area contributed by atoms with Crippen LogP contribution in [0.4, 0.5) is 0 Å². The fourth-order valence-corrected chi connectivity index (χ4v) is 2.16. The summed E-state index contributed by atoms with van der Waals surface area (Å²) in [5.41, 5.74) is 0. The highest BCUT2D eigenvalue weighted by molar-refractivity contribution is 4.63. The van der Waals surface area contributed by atoms with Crippen LogP contribution in [0.1, 0.15) is 65.2 Å². The van der Waals surface area contributed by atoms with Gasteiger partial charge in [-0.2, -0.15) is 0 Å². The van der Waals surface area contributed by atoms with Gasteiger partial charge in [-0.15, -0.1) is 0 Å². The molecule has 0 aliphatic rings. The van der Waals surface area contributed by atoms with Crippen molar-refractivity contribution in [3.63, 3.8) is 0 Å². The third-order valence-electron chi connectivity index (χ3n) is 3.51. The van der Waals surface area contributed by atoms with Crippen molar-refractivity contribution >= 4 is 0 Å². The Balaban J connectivity index is 1.98. The van der Waals surface area contributed by atoms with Crippen molar-refractivity contribution in [1.82, 2.24) is 4.57 Å². The quantitative estimate of drug-likeness (QED) is 0.385. The van der Waals surface area contributed by atoms with Gasteiger partial charge < -0.3 is 9.47 Å². The summed E-state index contributed by atoms with van der Waals surface area (Å²) in [6.07, 6.45) is 16.2. The monoisotopic (exact) mass is 297 g/mol. The van der Waals surface area contributed by atoms with Crippen molar-refractivity contribution in [2.75, 3.05) is 13.2 Å². The minimum absolute atomic E-state index is 0.629. The molecular formula is C17H33N2O2+. The van der Waals surface area contributed by atoms with E-state index in [1.54, 1.807) is 0 Å². The van der Waals surface area contributed by atoms with Crippen LogP contribution < -0.4 is 4.57 Å². The molecule has 0 bridgehead atoms. The highest BCUT2D eigenvalue weighted by Crippen LogP contribution is 2.04. The molecule has 1 aromatic heterocycles. The number of aromatic nitrogens is 2. The van der Waals surface area contributed by atoms with Crippen molar-refractivity contribution in [2.45, 2.75) is 78.7 Å². The number of hydrogen-bond donors (Lipinski definition) is 0. The average Bonchev–Trinajstić information content (AvgIpc) is 2.94. The SMILES string of the molecule is CCCCCCCCOC[n+]1ccn(COCCCC)c1. The molecule has 0 N–H and O–H groups in total. The van der Waals surface area contributed by atoms with Crippen LogP contribution in [0.5, 0.6) is 0 Å². The van der Waals surface area contributed by atoms with E-state index in [4.69, 9.17) is 9.47 Å². The van der Waals surface area contributed by atoms with Crippen molar-refractivity contribution in [2.24, 2.45) is 0 Å². The molecule has 0 saturated carbocycles. The number of ether oxygens (including phenoxy) is 2. The molecule has 0 unspecified atom stereocenters. The summed E-state index contributed by atoms with van der Waals surface area (Å²) < 4.78 is 15.4. The lowest BCUT2D eigenvalue weighted by atomic mass is 10.1. The lowest BCUT2D eigenvalue weighted by Crippen LogP contribution is -2.32. The Bertz CT molecular complexity index is 339. The Labute approximate surface area is 130 Å². The summed E-state index contributed by atoms with van der Waals surface area (Å²) in [7, 11) is 0. The Morgan fingerprint density at radius 2 is 1.57 bits per heavy atom. The predicted molar refractivity (Wildman–Crippen MR) is 84.8 cm³/mol. The zero-order chi connectivity index (χ0) is 15.2. The van der Waals surface area contributed by atoms with Gasteiger partial charge in [-0.3, -0.25) is 0 Å². The Morgan fingerprint density at radius 1 is 0.857 bits per heavy atom. The van der Waals surface area contributed by atoms with E-state index in [1.807, 2.05) is 23.3 Å². The van der Waals surface area contributed by atoms with Gasteiger partial charge in [0.25, 0.3) is 0 Å². The highest BCUT2D eigenvalue weighted by Gasteiger charge is 2.03. The number of rotatable bonds is 14. The third-order valence-corrected chi connectivity index (χ3v) is 3.51. The molecule has 122 valence electrons. The van der Waals surface area contributed by atoms with E-state index < -0.39 is 0 Å². The van der Waals surface area contributed by atoms with Crippen LogP contribution in [-0.2, 0) is 22.9 Å². The summed E-state index contributed by atoms with van der Waals surface area (Å²) >= 11 is 0. The van der Waals surface area contributed by atoms with Gasteiger partial charge in [-0.1, -0.05) is 52.4 Å². The summed E-state index contributed by atoms with van der Waals surface area (Å²) in [6.45, 7) is 7.39. The number of hydrogen-bond acceptors (Lipinski definition) is 2. The zero-order valence-corrected chi connectivity index (χ0v) is 13.9. The summed E-state index contributed by atoms with van der Waals surface area (Å²) in [4.78, 5) is 0. The molecule has 0 aromatic carbocycles. The number of imidazole rings is 1. The molecule has 0 spiro atoms.